The van der Waals surface area contributed by atoms with Gasteiger partial charge in [0.1, 0.15) is 5.82 Å². The summed E-state index contributed by atoms with van der Waals surface area (Å²) in [5, 5.41) is 7.24. The van der Waals surface area contributed by atoms with E-state index < -0.39 is 0 Å². The Labute approximate surface area is 94.1 Å². The summed E-state index contributed by atoms with van der Waals surface area (Å²) in [5.41, 5.74) is 1.10. The molecule has 1 N–H and O–H groups in total. The monoisotopic (exact) mass is 214 g/mol. The lowest BCUT2D eigenvalue weighted by Crippen LogP contribution is -1.95. The number of H-pyrrole nitrogens is 1. The fraction of sp³-hybridized carbons (Fsp3) is 0.417. The Balaban J connectivity index is 1.61. The summed E-state index contributed by atoms with van der Waals surface area (Å²) >= 11 is 0. The SMILES string of the molecule is c1ccc(CCc2nc(C3CC3)n[nH]2)nc1. The number of aryl methyl sites for hydroxylation is 2. The van der Waals surface area contributed by atoms with Crippen molar-refractivity contribution >= 4 is 0 Å². The van der Waals surface area contributed by atoms with Crippen molar-refractivity contribution in [3.63, 3.8) is 0 Å². The summed E-state index contributed by atoms with van der Waals surface area (Å²) in [6, 6.07) is 5.99. The zero-order valence-electron chi connectivity index (χ0n) is 9.06. The third-order valence-corrected chi connectivity index (χ3v) is 2.84. The Morgan fingerprint density at radius 2 is 2.19 bits per heavy atom. The first kappa shape index (κ1) is 9.51. The van der Waals surface area contributed by atoms with Crippen molar-refractivity contribution in [1.29, 1.82) is 0 Å². The van der Waals surface area contributed by atoms with Crippen molar-refractivity contribution < 1.29 is 0 Å². The number of hydrogen-bond donors (Lipinski definition) is 1. The number of aromatic amines is 1. The lowest BCUT2D eigenvalue weighted by atomic mass is 10.2. The summed E-state index contributed by atoms with van der Waals surface area (Å²) in [6.45, 7) is 0. The quantitative estimate of drug-likeness (QED) is 0.845. The Bertz CT molecular complexity index is 459. The summed E-state index contributed by atoms with van der Waals surface area (Å²) < 4.78 is 0. The van der Waals surface area contributed by atoms with Gasteiger partial charge >= 0.3 is 0 Å². The number of aromatic nitrogens is 4. The second-order valence-electron chi connectivity index (χ2n) is 4.24. The van der Waals surface area contributed by atoms with E-state index in [0.29, 0.717) is 5.92 Å². The fourth-order valence-electron chi connectivity index (χ4n) is 1.74. The molecule has 2 aromatic rings. The molecule has 4 heteroatoms. The highest BCUT2D eigenvalue weighted by molar-refractivity contribution is 5.07. The zero-order chi connectivity index (χ0) is 10.8. The molecule has 1 fully saturated rings. The van der Waals surface area contributed by atoms with Crippen molar-refractivity contribution in [2.24, 2.45) is 0 Å². The average Bonchev–Trinajstić information content (AvgIpc) is 3.08. The van der Waals surface area contributed by atoms with Crippen LogP contribution in [0.1, 0.15) is 36.1 Å². The van der Waals surface area contributed by atoms with Crippen LogP contribution in [0.3, 0.4) is 0 Å². The molecule has 0 bridgehead atoms. The zero-order valence-corrected chi connectivity index (χ0v) is 9.06. The number of hydrogen-bond acceptors (Lipinski definition) is 3. The first-order valence-electron chi connectivity index (χ1n) is 5.73. The van der Waals surface area contributed by atoms with E-state index in [1.807, 2.05) is 24.4 Å². The summed E-state index contributed by atoms with van der Waals surface area (Å²) in [6.07, 6.45) is 6.12. The molecule has 0 radical (unpaired) electrons. The Morgan fingerprint density at radius 3 is 2.94 bits per heavy atom. The van der Waals surface area contributed by atoms with Crippen molar-refractivity contribution in [3.05, 3.63) is 41.7 Å². The average molecular weight is 214 g/mol. The molecule has 0 saturated heterocycles. The minimum absolute atomic E-state index is 0.625. The van der Waals surface area contributed by atoms with Gasteiger partial charge in [-0.05, 0) is 31.4 Å². The van der Waals surface area contributed by atoms with Gasteiger partial charge in [0, 0.05) is 24.2 Å². The molecule has 3 rings (SSSR count). The van der Waals surface area contributed by atoms with Crippen LogP contribution in [0.5, 0.6) is 0 Å². The molecule has 0 aliphatic heterocycles. The molecule has 0 aromatic carbocycles. The van der Waals surface area contributed by atoms with Gasteiger partial charge in [0.15, 0.2) is 5.82 Å². The van der Waals surface area contributed by atoms with Crippen LogP contribution in [0.4, 0.5) is 0 Å². The molecular formula is C12H14N4. The molecule has 1 aliphatic rings. The van der Waals surface area contributed by atoms with E-state index in [-0.39, 0.29) is 0 Å². The highest BCUT2D eigenvalue weighted by atomic mass is 15.2. The summed E-state index contributed by atoms with van der Waals surface area (Å²) in [4.78, 5) is 8.78. The van der Waals surface area contributed by atoms with E-state index in [1.165, 1.54) is 12.8 Å². The molecule has 1 saturated carbocycles. The standard InChI is InChI=1S/C12H14N4/c1-2-8-13-10(3-1)6-7-11-14-12(16-15-11)9-4-5-9/h1-3,8-9H,4-7H2,(H,14,15,16). The topological polar surface area (TPSA) is 54.5 Å². The molecule has 0 unspecified atom stereocenters. The van der Waals surface area contributed by atoms with E-state index in [0.717, 1.165) is 30.2 Å². The van der Waals surface area contributed by atoms with Crippen LogP contribution in [-0.2, 0) is 12.8 Å². The molecule has 2 aromatic heterocycles. The minimum Gasteiger partial charge on any atom is -0.263 e. The first-order valence-corrected chi connectivity index (χ1v) is 5.73. The fourth-order valence-corrected chi connectivity index (χ4v) is 1.74. The third-order valence-electron chi connectivity index (χ3n) is 2.84. The van der Waals surface area contributed by atoms with Gasteiger partial charge in [-0.1, -0.05) is 6.07 Å². The lowest BCUT2D eigenvalue weighted by Gasteiger charge is -1.96. The largest absolute Gasteiger partial charge is 0.263 e. The molecule has 1 aliphatic carbocycles. The molecule has 16 heavy (non-hydrogen) atoms. The van der Waals surface area contributed by atoms with E-state index in [4.69, 9.17) is 0 Å². The van der Waals surface area contributed by atoms with Crippen LogP contribution in [0.15, 0.2) is 24.4 Å². The molecule has 0 amide bonds. The molecular weight excluding hydrogens is 200 g/mol. The Morgan fingerprint density at radius 1 is 1.25 bits per heavy atom. The maximum atomic E-state index is 4.49. The van der Waals surface area contributed by atoms with Crippen LogP contribution in [0.2, 0.25) is 0 Å². The van der Waals surface area contributed by atoms with Crippen LogP contribution < -0.4 is 0 Å². The number of pyridine rings is 1. The van der Waals surface area contributed by atoms with Crippen molar-refractivity contribution in [1.82, 2.24) is 20.2 Å². The Hall–Kier alpha value is -1.71. The van der Waals surface area contributed by atoms with Gasteiger partial charge in [-0.15, -0.1) is 0 Å². The number of nitrogens with zero attached hydrogens (tertiary/aromatic N) is 3. The maximum Gasteiger partial charge on any atom is 0.153 e. The second-order valence-corrected chi connectivity index (χ2v) is 4.24. The third kappa shape index (κ3) is 2.10. The van der Waals surface area contributed by atoms with E-state index in [9.17, 15) is 0 Å². The lowest BCUT2D eigenvalue weighted by molar-refractivity contribution is 0.842. The summed E-state index contributed by atoms with van der Waals surface area (Å²) in [7, 11) is 0. The predicted octanol–water partition coefficient (Wildman–Crippen LogP) is 1.86. The van der Waals surface area contributed by atoms with Gasteiger partial charge < -0.3 is 0 Å². The summed E-state index contributed by atoms with van der Waals surface area (Å²) in [5.74, 6) is 2.60. The molecule has 4 nitrogen and oxygen atoms in total. The van der Waals surface area contributed by atoms with Crippen LogP contribution in [0, 0.1) is 0 Å². The second kappa shape index (κ2) is 4.04. The number of rotatable bonds is 4. The van der Waals surface area contributed by atoms with E-state index in [1.54, 1.807) is 0 Å². The van der Waals surface area contributed by atoms with Gasteiger partial charge in [-0.2, -0.15) is 5.10 Å². The van der Waals surface area contributed by atoms with Gasteiger partial charge in [0.25, 0.3) is 0 Å². The smallest absolute Gasteiger partial charge is 0.153 e. The molecule has 0 spiro atoms. The normalized spacial score (nSPS) is 15.2. The van der Waals surface area contributed by atoms with Gasteiger partial charge in [0.2, 0.25) is 0 Å². The van der Waals surface area contributed by atoms with Crippen molar-refractivity contribution in [2.75, 3.05) is 0 Å². The number of nitrogens with one attached hydrogen (secondary N) is 1. The maximum absolute atomic E-state index is 4.49. The van der Waals surface area contributed by atoms with Crippen LogP contribution in [-0.4, -0.2) is 20.2 Å². The molecule has 0 atom stereocenters. The van der Waals surface area contributed by atoms with Gasteiger partial charge in [0.05, 0.1) is 0 Å². The predicted molar refractivity (Wildman–Crippen MR) is 60.0 cm³/mol. The van der Waals surface area contributed by atoms with Crippen LogP contribution in [0.25, 0.3) is 0 Å². The highest BCUT2D eigenvalue weighted by Crippen LogP contribution is 2.37. The molecule has 2 heterocycles. The van der Waals surface area contributed by atoms with Gasteiger partial charge in [-0.3, -0.25) is 10.1 Å². The first-order chi connectivity index (χ1) is 7.92. The van der Waals surface area contributed by atoms with Crippen molar-refractivity contribution in [3.8, 4) is 0 Å². The van der Waals surface area contributed by atoms with E-state index >= 15 is 0 Å². The Kier molecular flexibility index (Phi) is 2.40. The minimum atomic E-state index is 0.625. The van der Waals surface area contributed by atoms with Crippen LogP contribution >= 0.6 is 0 Å². The van der Waals surface area contributed by atoms with Gasteiger partial charge in [-0.25, -0.2) is 4.98 Å². The highest BCUT2D eigenvalue weighted by Gasteiger charge is 2.27. The molecule has 82 valence electrons. The van der Waals surface area contributed by atoms with E-state index in [2.05, 4.69) is 20.2 Å². The van der Waals surface area contributed by atoms with Crippen molar-refractivity contribution in [2.45, 2.75) is 31.6 Å².